The Morgan fingerprint density at radius 2 is 1.90 bits per heavy atom. The Bertz CT molecular complexity index is 1030. The van der Waals surface area contributed by atoms with Gasteiger partial charge in [-0.1, -0.05) is 23.7 Å². The predicted octanol–water partition coefficient (Wildman–Crippen LogP) is 3.88. The molecular weight excluding hydrogens is 457 g/mol. The average molecular weight is 479 g/mol. The zero-order chi connectivity index (χ0) is 23.2. The molecule has 0 unspecified atom stereocenters. The summed E-state index contributed by atoms with van der Waals surface area (Å²) in [5.74, 6) is 0.0489. The second-order valence-corrected chi connectivity index (χ2v) is 9.05. The van der Waals surface area contributed by atoms with Gasteiger partial charge in [0.15, 0.2) is 0 Å². The minimum atomic E-state index is -4.69. The number of sulfonamides is 1. The van der Waals surface area contributed by atoms with Crippen molar-refractivity contribution in [2.24, 2.45) is 0 Å². The van der Waals surface area contributed by atoms with Gasteiger partial charge in [0.25, 0.3) is 0 Å². The average Bonchev–Trinajstić information content (AvgIpc) is 2.68. The number of anilines is 1. The number of methoxy groups -OCH3 is 1. The number of alkyl halides is 3. The first kappa shape index (κ1) is 24.8. The molecule has 2 aromatic carbocycles. The van der Waals surface area contributed by atoms with E-state index in [-0.39, 0.29) is 11.6 Å². The smallest absolute Gasteiger partial charge is 0.416 e. The molecule has 2 aromatic rings. The van der Waals surface area contributed by atoms with E-state index in [1.54, 1.807) is 7.11 Å². The number of aryl methyl sites for hydroxylation is 1. The maximum atomic E-state index is 13.0. The fourth-order valence-electron chi connectivity index (χ4n) is 2.80. The van der Waals surface area contributed by atoms with Crippen molar-refractivity contribution in [3.63, 3.8) is 0 Å². The number of carbonyl (C=O) groups excluding carboxylic acids is 1. The van der Waals surface area contributed by atoms with Crippen LogP contribution in [0.5, 0.6) is 5.75 Å². The topological polar surface area (TPSA) is 75.7 Å². The molecule has 0 heterocycles. The van der Waals surface area contributed by atoms with Gasteiger partial charge < -0.3 is 10.1 Å². The maximum absolute atomic E-state index is 13.0. The Labute approximate surface area is 184 Å². The van der Waals surface area contributed by atoms with Crippen LogP contribution in [0.4, 0.5) is 18.9 Å². The summed E-state index contributed by atoms with van der Waals surface area (Å²) in [4.78, 5) is 12.3. The number of hydrogen-bond donors (Lipinski definition) is 1. The lowest BCUT2D eigenvalue weighted by molar-refractivity contribution is -0.137. The Balaban J connectivity index is 2.04. The number of amides is 1. The van der Waals surface area contributed by atoms with Gasteiger partial charge in [-0.3, -0.25) is 9.10 Å². The molecule has 0 saturated carbocycles. The highest BCUT2D eigenvalue weighted by molar-refractivity contribution is 7.92. The van der Waals surface area contributed by atoms with E-state index in [1.807, 2.05) is 24.3 Å². The SMILES string of the molecule is COc1cccc(CCCNC(=O)CN(c2cc(C(F)(F)F)ccc2Cl)S(C)(=O)=O)c1. The number of nitrogens with one attached hydrogen (secondary N) is 1. The molecule has 0 atom stereocenters. The lowest BCUT2D eigenvalue weighted by Crippen LogP contribution is -2.41. The molecule has 31 heavy (non-hydrogen) atoms. The van der Waals surface area contributed by atoms with E-state index in [1.165, 1.54) is 0 Å². The summed E-state index contributed by atoms with van der Waals surface area (Å²) >= 11 is 5.93. The van der Waals surface area contributed by atoms with Crippen LogP contribution in [0.2, 0.25) is 5.02 Å². The molecule has 1 N–H and O–H groups in total. The van der Waals surface area contributed by atoms with Gasteiger partial charge in [-0.2, -0.15) is 13.2 Å². The lowest BCUT2D eigenvalue weighted by Gasteiger charge is -2.24. The van der Waals surface area contributed by atoms with Gasteiger partial charge in [-0.05, 0) is 48.7 Å². The van der Waals surface area contributed by atoms with E-state index in [0.717, 1.165) is 24.0 Å². The van der Waals surface area contributed by atoms with E-state index in [4.69, 9.17) is 16.3 Å². The normalized spacial score (nSPS) is 11.8. The highest BCUT2D eigenvalue weighted by Crippen LogP contribution is 2.36. The molecule has 6 nitrogen and oxygen atoms in total. The van der Waals surface area contributed by atoms with Gasteiger partial charge in [-0.15, -0.1) is 0 Å². The third-order valence-electron chi connectivity index (χ3n) is 4.33. The molecule has 0 radical (unpaired) electrons. The third kappa shape index (κ3) is 7.32. The molecule has 0 aliphatic rings. The van der Waals surface area contributed by atoms with Crippen LogP contribution < -0.4 is 14.4 Å². The van der Waals surface area contributed by atoms with Crippen LogP contribution in [0.3, 0.4) is 0 Å². The minimum absolute atomic E-state index is 0.218. The number of nitrogens with zero attached hydrogens (tertiary/aromatic N) is 1. The molecule has 0 aliphatic carbocycles. The van der Waals surface area contributed by atoms with Crippen molar-refractivity contribution in [3.05, 3.63) is 58.6 Å². The number of ether oxygens (including phenoxy) is 1. The first-order valence-electron chi connectivity index (χ1n) is 9.16. The Hall–Kier alpha value is -2.46. The largest absolute Gasteiger partial charge is 0.497 e. The number of carbonyl (C=O) groups is 1. The molecule has 1 amide bonds. The Morgan fingerprint density at radius 3 is 2.52 bits per heavy atom. The van der Waals surface area contributed by atoms with Crippen LogP contribution in [0.25, 0.3) is 0 Å². The highest BCUT2D eigenvalue weighted by Gasteiger charge is 2.33. The van der Waals surface area contributed by atoms with E-state index in [0.29, 0.717) is 29.0 Å². The van der Waals surface area contributed by atoms with Gasteiger partial charge in [0.05, 0.1) is 29.6 Å². The highest BCUT2D eigenvalue weighted by atomic mass is 35.5. The predicted molar refractivity (Wildman–Crippen MR) is 113 cm³/mol. The van der Waals surface area contributed by atoms with Crippen molar-refractivity contribution in [3.8, 4) is 5.75 Å². The van der Waals surface area contributed by atoms with Crippen molar-refractivity contribution in [1.82, 2.24) is 5.32 Å². The monoisotopic (exact) mass is 478 g/mol. The van der Waals surface area contributed by atoms with Crippen molar-refractivity contribution in [2.45, 2.75) is 19.0 Å². The molecule has 170 valence electrons. The van der Waals surface area contributed by atoms with Crippen LogP contribution in [0, 0.1) is 0 Å². The van der Waals surface area contributed by atoms with Gasteiger partial charge in [0.2, 0.25) is 15.9 Å². The number of halogens is 4. The minimum Gasteiger partial charge on any atom is -0.497 e. The van der Waals surface area contributed by atoms with Crippen LogP contribution >= 0.6 is 11.6 Å². The van der Waals surface area contributed by atoms with Crippen LogP contribution in [-0.2, 0) is 27.4 Å². The first-order valence-corrected chi connectivity index (χ1v) is 11.4. The number of hydrogen-bond acceptors (Lipinski definition) is 4. The molecule has 0 bridgehead atoms. The van der Waals surface area contributed by atoms with Crippen molar-refractivity contribution < 1.29 is 31.1 Å². The van der Waals surface area contributed by atoms with Crippen molar-refractivity contribution in [1.29, 1.82) is 0 Å². The second kappa shape index (κ2) is 10.2. The van der Waals surface area contributed by atoms with E-state index >= 15 is 0 Å². The quantitative estimate of drug-likeness (QED) is 0.555. The molecule has 0 saturated heterocycles. The summed E-state index contributed by atoms with van der Waals surface area (Å²) in [5, 5.41) is 2.36. The molecule has 0 fully saturated rings. The first-order chi connectivity index (χ1) is 14.4. The fourth-order valence-corrected chi connectivity index (χ4v) is 3.93. The standard InChI is InChI=1S/C20H22ClF3N2O4S/c1-30-16-7-3-5-14(11-16)6-4-10-25-19(27)13-26(31(2,28)29)18-12-15(20(22,23)24)8-9-17(18)21/h3,5,7-9,11-12H,4,6,10,13H2,1-2H3,(H,25,27). The summed E-state index contributed by atoms with van der Waals surface area (Å²) in [6.45, 7) is -0.441. The van der Waals surface area contributed by atoms with E-state index in [9.17, 15) is 26.4 Å². The summed E-state index contributed by atoms with van der Waals surface area (Å²) in [6, 6.07) is 9.72. The van der Waals surface area contributed by atoms with Crippen LogP contribution in [0.15, 0.2) is 42.5 Å². The molecular formula is C20H22ClF3N2O4S. The number of rotatable bonds is 9. The molecule has 0 aliphatic heterocycles. The summed E-state index contributed by atoms with van der Waals surface area (Å²) in [7, 11) is -2.51. The van der Waals surface area contributed by atoms with Gasteiger partial charge >= 0.3 is 6.18 Å². The summed E-state index contributed by atoms with van der Waals surface area (Å²) in [5.41, 5.74) is -0.480. The van der Waals surface area contributed by atoms with Crippen LogP contribution in [-0.4, -0.2) is 40.8 Å². The lowest BCUT2D eigenvalue weighted by atomic mass is 10.1. The van der Waals surface area contributed by atoms with Gasteiger partial charge in [0.1, 0.15) is 12.3 Å². The second-order valence-electron chi connectivity index (χ2n) is 6.74. The Morgan fingerprint density at radius 1 is 1.19 bits per heavy atom. The fraction of sp³-hybridized carbons (Fsp3) is 0.350. The zero-order valence-electron chi connectivity index (χ0n) is 16.9. The third-order valence-corrected chi connectivity index (χ3v) is 5.77. The van der Waals surface area contributed by atoms with Crippen molar-refractivity contribution in [2.75, 3.05) is 30.8 Å². The van der Waals surface area contributed by atoms with Gasteiger partial charge in [0, 0.05) is 6.54 Å². The van der Waals surface area contributed by atoms with E-state index < -0.39 is 39.9 Å². The summed E-state index contributed by atoms with van der Waals surface area (Å²) in [6.07, 6.45) is -2.68. The molecule has 0 spiro atoms. The van der Waals surface area contributed by atoms with E-state index in [2.05, 4.69) is 5.32 Å². The van der Waals surface area contributed by atoms with Gasteiger partial charge in [-0.25, -0.2) is 8.42 Å². The maximum Gasteiger partial charge on any atom is 0.416 e. The molecule has 2 rings (SSSR count). The summed E-state index contributed by atoms with van der Waals surface area (Å²) < 4.78 is 69.1. The number of benzene rings is 2. The van der Waals surface area contributed by atoms with Crippen LogP contribution in [0.1, 0.15) is 17.5 Å². The molecule has 0 aromatic heterocycles. The van der Waals surface area contributed by atoms with Crippen molar-refractivity contribution >= 4 is 33.2 Å². The molecule has 11 heteroatoms. The zero-order valence-corrected chi connectivity index (χ0v) is 18.4. The Kier molecular flexibility index (Phi) is 8.19.